The lowest BCUT2D eigenvalue weighted by atomic mass is 9.77. The first-order chi connectivity index (χ1) is 8.71. The fourth-order valence-electron chi connectivity index (χ4n) is 3.06. The summed E-state index contributed by atoms with van der Waals surface area (Å²) in [5, 5.41) is 12.7. The largest absolute Gasteiger partial charge is 0.493 e. The van der Waals surface area contributed by atoms with Crippen molar-refractivity contribution in [3.8, 4) is 5.75 Å². The Morgan fingerprint density at radius 3 is 3.06 bits per heavy atom. The minimum atomic E-state index is -0.683. The van der Waals surface area contributed by atoms with Crippen molar-refractivity contribution in [2.45, 2.75) is 18.8 Å². The third kappa shape index (κ3) is 1.77. The standard InChI is InChI=1S/C14H17NO3/c16-13(17)14(5-6-15-9-14)7-10-8-18-12-4-2-1-3-11(10)12/h1-4,10,15H,5-9H2,(H,16,17). The molecule has 0 spiro atoms. The van der Waals surface area contributed by atoms with Crippen LogP contribution in [0.4, 0.5) is 0 Å². The first-order valence-electron chi connectivity index (χ1n) is 6.37. The molecular weight excluding hydrogens is 230 g/mol. The van der Waals surface area contributed by atoms with Gasteiger partial charge in [0.15, 0.2) is 0 Å². The Labute approximate surface area is 106 Å². The van der Waals surface area contributed by atoms with Crippen LogP contribution in [-0.2, 0) is 4.79 Å². The van der Waals surface area contributed by atoms with Crippen LogP contribution in [0.2, 0.25) is 0 Å². The second-order valence-electron chi connectivity index (χ2n) is 5.26. The Balaban J connectivity index is 1.83. The van der Waals surface area contributed by atoms with Gasteiger partial charge in [-0.1, -0.05) is 18.2 Å². The van der Waals surface area contributed by atoms with Gasteiger partial charge in [0.05, 0.1) is 12.0 Å². The highest BCUT2D eigenvalue weighted by atomic mass is 16.5. The van der Waals surface area contributed by atoms with Crippen LogP contribution in [0.25, 0.3) is 0 Å². The summed E-state index contributed by atoms with van der Waals surface area (Å²) in [5.74, 6) is 0.433. The van der Waals surface area contributed by atoms with Crippen LogP contribution in [0, 0.1) is 5.41 Å². The van der Waals surface area contributed by atoms with Crippen molar-refractivity contribution < 1.29 is 14.6 Å². The number of hydrogen-bond acceptors (Lipinski definition) is 3. The van der Waals surface area contributed by atoms with E-state index in [9.17, 15) is 9.90 Å². The number of aliphatic carboxylic acids is 1. The molecule has 4 heteroatoms. The number of nitrogens with one attached hydrogen (secondary N) is 1. The molecule has 2 atom stereocenters. The second kappa shape index (κ2) is 4.28. The number of benzene rings is 1. The summed E-state index contributed by atoms with van der Waals surface area (Å²) in [6.45, 7) is 1.97. The smallest absolute Gasteiger partial charge is 0.311 e. The fraction of sp³-hybridized carbons (Fsp3) is 0.500. The minimum absolute atomic E-state index is 0.206. The molecule has 1 aromatic carbocycles. The monoisotopic (exact) mass is 247 g/mol. The molecule has 0 saturated carbocycles. The van der Waals surface area contributed by atoms with Crippen molar-refractivity contribution >= 4 is 5.97 Å². The zero-order chi connectivity index (χ0) is 12.6. The zero-order valence-electron chi connectivity index (χ0n) is 10.2. The number of carboxylic acids is 1. The van der Waals surface area contributed by atoms with Gasteiger partial charge in [-0.05, 0) is 25.5 Å². The number of rotatable bonds is 3. The van der Waals surface area contributed by atoms with Crippen molar-refractivity contribution in [2.24, 2.45) is 5.41 Å². The van der Waals surface area contributed by atoms with E-state index in [0.717, 1.165) is 17.9 Å². The van der Waals surface area contributed by atoms with E-state index in [1.54, 1.807) is 0 Å². The van der Waals surface area contributed by atoms with E-state index < -0.39 is 11.4 Å². The molecular formula is C14H17NO3. The van der Waals surface area contributed by atoms with Crippen LogP contribution < -0.4 is 10.1 Å². The van der Waals surface area contributed by atoms with E-state index in [-0.39, 0.29) is 5.92 Å². The normalized spacial score (nSPS) is 29.9. The van der Waals surface area contributed by atoms with Gasteiger partial charge in [-0.2, -0.15) is 0 Å². The molecule has 2 unspecified atom stereocenters. The van der Waals surface area contributed by atoms with Gasteiger partial charge >= 0.3 is 5.97 Å². The van der Waals surface area contributed by atoms with Gasteiger partial charge in [-0.3, -0.25) is 4.79 Å². The summed E-state index contributed by atoms with van der Waals surface area (Å²) in [4.78, 5) is 11.5. The van der Waals surface area contributed by atoms with Crippen molar-refractivity contribution in [3.63, 3.8) is 0 Å². The minimum Gasteiger partial charge on any atom is -0.493 e. The van der Waals surface area contributed by atoms with E-state index in [4.69, 9.17) is 4.74 Å². The molecule has 2 aliphatic rings. The summed E-state index contributed by atoms with van der Waals surface area (Å²) in [5.41, 5.74) is 0.538. The van der Waals surface area contributed by atoms with Crippen LogP contribution in [0.15, 0.2) is 24.3 Å². The van der Waals surface area contributed by atoms with E-state index in [1.165, 1.54) is 0 Å². The number of fused-ring (bicyclic) bond motifs is 1. The van der Waals surface area contributed by atoms with E-state index in [0.29, 0.717) is 26.0 Å². The Kier molecular flexibility index (Phi) is 2.74. The number of hydrogen-bond donors (Lipinski definition) is 2. The number of ether oxygens (including phenoxy) is 1. The first kappa shape index (κ1) is 11.5. The average molecular weight is 247 g/mol. The highest BCUT2D eigenvalue weighted by molar-refractivity contribution is 5.75. The van der Waals surface area contributed by atoms with Crippen molar-refractivity contribution in [1.82, 2.24) is 5.32 Å². The highest BCUT2D eigenvalue weighted by Gasteiger charge is 2.44. The van der Waals surface area contributed by atoms with Crippen LogP contribution in [-0.4, -0.2) is 30.8 Å². The maximum atomic E-state index is 11.5. The lowest BCUT2D eigenvalue weighted by Crippen LogP contribution is -2.35. The van der Waals surface area contributed by atoms with E-state index in [1.807, 2.05) is 24.3 Å². The summed E-state index contributed by atoms with van der Waals surface area (Å²) >= 11 is 0. The molecule has 96 valence electrons. The molecule has 0 bridgehead atoms. The predicted molar refractivity (Wildman–Crippen MR) is 66.9 cm³/mol. The maximum absolute atomic E-state index is 11.5. The number of carboxylic acid groups (broad SMARTS) is 1. The van der Waals surface area contributed by atoms with Gasteiger partial charge in [-0.25, -0.2) is 0 Å². The van der Waals surface area contributed by atoms with E-state index in [2.05, 4.69) is 5.32 Å². The molecule has 18 heavy (non-hydrogen) atoms. The van der Waals surface area contributed by atoms with Gasteiger partial charge in [0.2, 0.25) is 0 Å². The lowest BCUT2D eigenvalue weighted by Gasteiger charge is -2.25. The Morgan fingerprint density at radius 1 is 1.50 bits per heavy atom. The molecule has 2 heterocycles. The molecule has 4 nitrogen and oxygen atoms in total. The summed E-state index contributed by atoms with van der Waals surface area (Å²) in [7, 11) is 0. The van der Waals surface area contributed by atoms with Crippen LogP contribution >= 0.6 is 0 Å². The fourth-order valence-corrected chi connectivity index (χ4v) is 3.06. The van der Waals surface area contributed by atoms with Crippen LogP contribution in [0.1, 0.15) is 24.3 Å². The molecule has 0 radical (unpaired) electrons. The summed E-state index contributed by atoms with van der Waals surface area (Å²) in [6, 6.07) is 7.94. The van der Waals surface area contributed by atoms with Gasteiger partial charge in [0.1, 0.15) is 5.75 Å². The van der Waals surface area contributed by atoms with Crippen LogP contribution in [0.5, 0.6) is 5.75 Å². The summed E-state index contributed by atoms with van der Waals surface area (Å²) in [6.07, 6.45) is 1.37. The molecule has 1 saturated heterocycles. The maximum Gasteiger partial charge on any atom is 0.311 e. The predicted octanol–water partition coefficient (Wildman–Crippen LogP) is 1.62. The highest BCUT2D eigenvalue weighted by Crippen LogP contribution is 2.43. The Bertz CT molecular complexity index is 466. The third-order valence-corrected chi connectivity index (χ3v) is 4.13. The van der Waals surface area contributed by atoms with Crippen LogP contribution in [0.3, 0.4) is 0 Å². The Hall–Kier alpha value is -1.55. The number of para-hydroxylation sites is 1. The molecule has 1 fully saturated rings. The number of carbonyl (C=O) groups is 1. The van der Waals surface area contributed by atoms with Gasteiger partial charge in [0.25, 0.3) is 0 Å². The van der Waals surface area contributed by atoms with Gasteiger partial charge in [0, 0.05) is 18.0 Å². The Morgan fingerprint density at radius 2 is 2.33 bits per heavy atom. The third-order valence-electron chi connectivity index (χ3n) is 4.13. The molecule has 2 N–H and O–H groups in total. The molecule has 3 rings (SSSR count). The molecule has 0 aromatic heterocycles. The zero-order valence-corrected chi connectivity index (χ0v) is 10.2. The summed E-state index contributed by atoms with van der Waals surface area (Å²) < 4.78 is 5.63. The second-order valence-corrected chi connectivity index (χ2v) is 5.26. The average Bonchev–Trinajstić information content (AvgIpc) is 2.99. The molecule has 0 amide bonds. The van der Waals surface area contributed by atoms with Crippen molar-refractivity contribution in [3.05, 3.63) is 29.8 Å². The SMILES string of the molecule is O=C(O)C1(CC2COc3ccccc32)CCNC1. The lowest BCUT2D eigenvalue weighted by molar-refractivity contribution is -0.148. The van der Waals surface area contributed by atoms with Gasteiger partial charge in [-0.15, -0.1) is 0 Å². The molecule has 0 aliphatic carbocycles. The first-order valence-corrected chi connectivity index (χ1v) is 6.37. The quantitative estimate of drug-likeness (QED) is 0.852. The van der Waals surface area contributed by atoms with Crippen molar-refractivity contribution in [1.29, 1.82) is 0 Å². The van der Waals surface area contributed by atoms with Crippen molar-refractivity contribution in [2.75, 3.05) is 19.7 Å². The molecule has 2 aliphatic heterocycles. The van der Waals surface area contributed by atoms with Gasteiger partial charge < -0.3 is 15.2 Å². The topological polar surface area (TPSA) is 58.6 Å². The van der Waals surface area contributed by atoms with E-state index >= 15 is 0 Å². The molecule has 1 aromatic rings.